The van der Waals surface area contributed by atoms with E-state index in [0.29, 0.717) is 6.54 Å². The normalized spacial score (nSPS) is 11.9. The van der Waals surface area contributed by atoms with Crippen molar-refractivity contribution in [3.63, 3.8) is 0 Å². The minimum absolute atomic E-state index is 0.0179. The molecule has 1 N–H and O–H groups in total. The van der Waals surface area contributed by atoms with Crippen LogP contribution in [0.15, 0.2) is 41.8 Å². The molecule has 4 nitrogen and oxygen atoms in total. The number of hydrogen-bond donors (Lipinski definition) is 1. The zero-order chi connectivity index (χ0) is 14.7. The highest BCUT2D eigenvalue weighted by Crippen LogP contribution is 2.43. The molecule has 0 aliphatic rings. The molecule has 0 radical (unpaired) electrons. The van der Waals surface area contributed by atoms with Crippen LogP contribution in [0.5, 0.6) is 0 Å². The Balaban J connectivity index is 3.15. The van der Waals surface area contributed by atoms with Crippen molar-refractivity contribution in [2.75, 3.05) is 6.54 Å². The van der Waals surface area contributed by atoms with Crippen LogP contribution in [0.2, 0.25) is 0 Å². The van der Waals surface area contributed by atoms with Gasteiger partial charge in [-0.25, -0.2) is 8.42 Å². The van der Waals surface area contributed by atoms with Crippen LogP contribution < -0.4 is 5.32 Å². The Labute approximate surface area is 137 Å². The number of sulfone groups is 1. The summed E-state index contributed by atoms with van der Waals surface area (Å²) in [6.07, 6.45) is 1.54. The molecule has 1 amide bonds. The number of alkyl halides is 3. The smallest absolute Gasteiger partial charge is 0.251 e. The Bertz CT molecular complexity index is 593. The third-order valence-electron chi connectivity index (χ3n) is 2.12. The third kappa shape index (κ3) is 4.14. The number of halogens is 3. The van der Waals surface area contributed by atoms with Crippen LogP contribution in [-0.2, 0) is 9.84 Å². The molecule has 19 heavy (non-hydrogen) atoms. The summed E-state index contributed by atoms with van der Waals surface area (Å²) in [4.78, 5) is 11.8. The molecule has 0 aliphatic heterocycles. The maximum absolute atomic E-state index is 12.2. The van der Waals surface area contributed by atoms with Gasteiger partial charge in [0.2, 0.25) is 11.3 Å². The van der Waals surface area contributed by atoms with E-state index in [1.165, 1.54) is 24.3 Å². The average Bonchev–Trinajstić information content (AvgIpc) is 2.34. The fourth-order valence-electron chi connectivity index (χ4n) is 1.21. The van der Waals surface area contributed by atoms with Gasteiger partial charge in [-0.15, -0.1) is 6.58 Å². The summed E-state index contributed by atoms with van der Waals surface area (Å²) in [5.41, 5.74) is 0.264. The lowest BCUT2D eigenvalue weighted by molar-refractivity contribution is 0.0958. The zero-order valence-electron chi connectivity index (χ0n) is 9.57. The number of rotatable bonds is 4. The number of carbonyl (C=O) groups excluding carboxylic acids is 1. The Morgan fingerprint density at radius 2 is 2.00 bits per heavy atom. The van der Waals surface area contributed by atoms with Gasteiger partial charge in [0.15, 0.2) is 0 Å². The number of hydrogen-bond acceptors (Lipinski definition) is 3. The van der Waals surface area contributed by atoms with E-state index in [4.69, 9.17) is 0 Å². The fraction of sp³-hybridized carbons (Fsp3) is 0.182. The molecule has 0 heterocycles. The second-order valence-electron chi connectivity index (χ2n) is 3.48. The molecule has 0 saturated carbocycles. The maximum Gasteiger partial charge on any atom is 0.251 e. The second kappa shape index (κ2) is 6.51. The molecule has 1 aromatic carbocycles. The first-order valence-corrected chi connectivity index (χ1v) is 8.87. The summed E-state index contributed by atoms with van der Waals surface area (Å²) in [5.74, 6) is -0.360. The summed E-state index contributed by atoms with van der Waals surface area (Å²) in [5, 5.41) is 2.58. The fourth-order valence-corrected chi connectivity index (χ4v) is 3.69. The maximum atomic E-state index is 12.2. The van der Waals surface area contributed by atoms with Crippen LogP contribution in [0.1, 0.15) is 10.4 Å². The standard InChI is InChI=1S/C11H10Br3NO3S/c1-2-6-15-10(16)8-4-3-5-9(7-8)19(17,18)11(12,13)14/h2-5,7H,1,6H2,(H,15,16). The topological polar surface area (TPSA) is 63.2 Å². The lowest BCUT2D eigenvalue weighted by Gasteiger charge is -2.14. The lowest BCUT2D eigenvalue weighted by atomic mass is 10.2. The molecular weight excluding hydrogens is 466 g/mol. The SMILES string of the molecule is C=CCNC(=O)c1cccc(S(=O)(=O)C(Br)(Br)Br)c1. The van der Waals surface area contributed by atoms with Gasteiger partial charge in [-0.1, -0.05) is 12.1 Å². The Morgan fingerprint density at radius 1 is 1.37 bits per heavy atom. The van der Waals surface area contributed by atoms with Crippen molar-refractivity contribution in [1.29, 1.82) is 0 Å². The first kappa shape index (κ1) is 16.9. The van der Waals surface area contributed by atoms with E-state index in [9.17, 15) is 13.2 Å². The third-order valence-corrected chi connectivity index (χ3v) is 7.44. The van der Waals surface area contributed by atoms with Gasteiger partial charge >= 0.3 is 0 Å². The number of nitrogens with one attached hydrogen (secondary N) is 1. The van der Waals surface area contributed by atoms with Crippen molar-refractivity contribution in [2.24, 2.45) is 0 Å². The van der Waals surface area contributed by atoms with E-state index in [2.05, 4.69) is 59.7 Å². The van der Waals surface area contributed by atoms with Crippen molar-refractivity contribution in [3.05, 3.63) is 42.5 Å². The number of amides is 1. The Hall–Kier alpha value is -0.180. The summed E-state index contributed by atoms with van der Waals surface area (Å²) in [7, 11) is -3.70. The van der Waals surface area contributed by atoms with Crippen molar-refractivity contribution >= 4 is 63.5 Å². The first-order valence-electron chi connectivity index (χ1n) is 5.00. The molecule has 8 heteroatoms. The van der Waals surface area contributed by atoms with Crippen LogP contribution in [0.3, 0.4) is 0 Å². The van der Waals surface area contributed by atoms with E-state index < -0.39 is 11.3 Å². The zero-order valence-corrected chi connectivity index (χ0v) is 15.1. The largest absolute Gasteiger partial charge is 0.349 e. The van der Waals surface area contributed by atoms with E-state index in [0.717, 1.165) is 0 Å². The van der Waals surface area contributed by atoms with Gasteiger partial charge in [-0.05, 0) is 66.0 Å². The van der Waals surface area contributed by atoms with Gasteiger partial charge in [0.05, 0.1) is 4.90 Å². The van der Waals surface area contributed by atoms with E-state index in [1.807, 2.05) is 0 Å². The molecule has 0 aromatic heterocycles. The molecule has 0 atom stereocenters. The van der Waals surface area contributed by atoms with Crippen LogP contribution in [0.4, 0.5) is 0 Å². The molecule has 0 spiro atoms. The molecule has 0 bridgehead atoms. The summed E-state index contributed by atoms with van der Waals surface area (Å²) in [6, 6.07) is 5.77. The highest BCUT2D eigenvalue weighted by molar-refractivity contribution is 9.42. The van der Waals surface area contributed by atoms with Gasteiger partial charge in [-0.3, -0.25) is 4.79 Å². The average molecular weight is 476 g/mol. The number of carbonyl (C=O) groups is 1. The Morgan fingerprint density at radius 3 is 2.53 bits per heavy atom. The van der Waals surface area contributed by atoms with Gasteiger partial charge in [0.25, 0.3) is 5.91 Å². The van der Waals surface area contributed by atoms with Gasteiger partial charge in [0.1, 0.15) is 0 Å². The van der Waals surface area contributed by atoms with Crippen molar-refractivity contribution < 1.29 is 13.2 Å². The van der Waals surface area contributed by atoms with Crippen LogP contribution in [0.25, 0.3) is 0 Å². The van der Waals surface area contributed by atoms with Gasteiger partial charge in [-0.2, -0.15) is 0 Å². The Kier molecular flexibility index (Phi) is 5.78. The molecule has 0 unspecified atom stereocenters. The molecule has 0 saturated heterocycles. The minimum Gasteiger partial charge on any atom is -0.349 e. The molecule has 1 aromatic rings. The predicted octanol–water partition coefficient (Wildman–Crippen LogP) is 3.17. The highest BCUT2D eigenvalue weighted by atomic mass is 80.0. The molecule has 104 valence electrons. The minimum atomic E-state index is -3.70. The van der Waals surface area contributed by atoms with Gasteiger partial charge in [0, 0.05) is 12.1 Å². The van der Waals surface area contributed by atoms with Crippen LogP contribution in [-0.4, -0.2) is 22.3 Å². The summed E-state index contributed by atoms with van der Waals surface area (Å²) >= 11 is 8.92. The lowest BCUT2D eigenvalue weighted by Crippen LogP contribution is -2.24. The van der Waals surface area contributed by atoms with E-state index >= 15 is 0 Å². The van der Waals surface area contributed by atoms with E-state index in [1.54, 1.807) is 6.08 Å². The highest BCUT2D eigenvalue weighted by Gasteiger charge is 2.37. The number of benzene rings is 1. The molecule has 1 rings (SSSR count). The summed E-state index contributed by atoms with van der Waals surface area (Å²) in [6.45, 7) is 3.80. The second-order valence-corrected chi connectivity index (χ2v) is 13.9. The molecular formula is C11H10Br3NO3S. The van der Waals surface area contributed by atoms with Crippen LogP contribution >= 0.6 is 47.8 Å². The summed E-state index contributed by atoms with van der Waals surface area (Å²) < 4.78 is 22.8. The predicted molar refractivity (Wildman–Crippen MR) is 85.7 cm³/mol. The van der Waals surface area contributed by atoms with E-state index in [-0.39, 0.29) is 16.4 Å². The monoisotopic (exact) mass is 473 g/mol. The first-order chi connectivity index (χ1) is 8.70. The van der Waals surface area contributed by atoms with Crippen molar-refractivity contribution in [1.82, 2.24) is 5.32 Å². The molecule has 0 aliphatic carbocycles. The van der Waals surface area contributed by atoms with Crippen molar-refractivity contribution in [2.45, 2.75) is 6.37 Å². The molecule has 0 fully saturated rings. The van der Waals surface area contributed by atoms with Gasteiger partial charge < -0.3 is 5.32 Å². The quantitative estimate of drug-likeness (QED) is 0.537. The van der Waals surface area contributed by atoms with Crippen molar-refractivity contribution in [3.8, 4) is 0 Å². The van der Waals surface area contributed by atoms with Crippen LogP contribution in [0, 0.1) is 0 Å².